The maximum absolute atomic E-state index is 9.93. The Kier molecular flexibility index (Phi) is 3.04. The molecule has 0 saturated carbocycles. The van der Waals surface area contributed by atoms with Crippen molar-refractivity contribution < 1.29 is 18.9 Å². The van der Waals surface area contributed by atoms with Crippen LogP contribution < -0.4 is 9.79 Å². The molecule has 0 aliphatic heterocycles. The van der Waals surface area contributed by atoms with Crippen LogP contribution in [0.3, 0.4) is 0 Å². The Bertz CT molecular complexity index is 142. The van der Waals surface area contributed by atoms with Gasteiger partial charge in [-0.3, -0.25) is 0 Å². The van der Waals surface area contributed by atoms with Crippen molar-refractivity contribution in [3.8, 4) is 0 Å². The molecule has 0 bridgehead atoms. The maximum atomic E-state index is 9.93. The lowest BCUT2D eigenvalue weighted by Gasteiger charge is -2.32. The Morgan fingerprint density at radius 2 is 1.80 bits per heavy atom. The predicted octanol–water partition coefficient (Wildman–Crippen LogP) is -0.122. The molecule has 0 N–H and O–H groups in total. The number of hydrogen-bond acceptors (Lipinski definition) is 4. The van der Waals surface area contributed by atoms with E-state index in [1.54, 1.807) is 20.8 Å². The molecule has 10 heavy (non-hydrogen) atoms. The minimum atomic E-state index is -4.76. The lowest BCUT2D eigenvalue weighted by atomic mass is 9.99. The normalized spacial score (nSPS) is 13.7. The molecule has 0 spiro atoms. The smallest absolute Gasteiger partial charge is 0.0596 e. The Morgan fingerprint density at radius 1 is 1.40 bits per heavy atom. The molecule has 0 heterocycles. The van der Waals surface area contributed by atoms with E-state index in [9.17, 15) is 14.4 Å². The minimum absolute atomic E-state index is 0.0583. The third kappa shape index (κ3) is 8.11. The molecule has 4 nitrogen and oxygen atoms in total. The molecular formula is C5H11O4P-2. The highest BCUT2D eigenvalue weighted by atomic mass is 31.2. The number of hydrogen-bond donors (Lipinski definition) is 0. The molecule has 0 unspecified atom stereocenters. The van der Waals surface area contributed by atoms with E-state index in [-0.39, 0.29) is 12.0 Å². The van der Waals surface area contributed by atoms with Gasteiger partial charge in [0.1, 0.15) is 0 Å². The van der Waals surface area contributed by atoms with E-state index in [4.69, 9.17) is 0 Å². The molecule has 62 valence electrons. The highest BCUT2D eigenvalue weighted by Crippen LogP contribution is 2.28. The third-order valence-electron chi connectivity index (χ3n) is 0.656. The molecule has 0 aromatic rings. The van der Waals surface area contributed by atoms with Gasteiger partial charge in [0, 0.05) is 0 Å². The molecule has 0 atom stereocenters. The zero-order valence-electron chi connectivity index (χ0n) is 6.29. The molecule has 0 fully saturated rings. The first-order chi connectivity index (χ1) is 4.21. The van der Waals surface area contributed by atoms with Crippen LogP contribution in [0, 0.1) is 5.41 Å². The summed E-state index contributed by atoms with van der Waals surface area (Å²) in [5.74, 6) is 0. The van der Waals surface area contributed by atoms with Crippen molar-refractivity contribution >= 4 is 7.82 Å². The summed E-state index contributed by atoms with van der Waals surface area (Å²) in [6.45, 7) is 5.28. The fourth-order valence-electron chi connectivity index (χ4n) is 0.273. The van der Waals surface area contributed by atoms with Gasteiger partial charge in [0.05, 0.1) is 14.4 Å². The molecule has 0 aliphatic carbocycles. The number of rotatable bonds is 2. The summed E-state index contributed by atoms with van der Waals surface area (Å²) in [6.07, 6.45) is 0. The fraction of sp³-hybridized carbons (Fsp3) is 1.00. The lowest BCUT2D eigenvalue weighted by molar-refractivity contribution is -0.343. The van der Waals surface area contributed by atoms with Gasteiger partial charge in [0.2, 0.25) is 0 Å². The molecule has 0 saturated heterocycles. The summed E-state index contributed by atoms with van der Waals surface area (Å²) in [4.78, 5) is 19.9. The van der Waals surface area contributed by atoms with Crippen molar-refractivity contribution in [1.82, 2.24) is 0 Å². The predicted molar refractivity (Wildman–Crippen MR) is 33.0 cm³/mol. The Balaban J connectivity index is 3.67. The topological polar surface area (TPSA) is 72.4 Å². The van der Waals surface area contributed by atoms with Crippen molar-refractivity contribution in [2.24, 2.45) is 5.41 Å². The zero-order chi connectivity index (χ0) is 8.41. The second kappa shape index (κ2) is 3.01. The first-order valence-electron chi connectivity index (χ1n) is 2.87. The molecular weight excluding hydrogens is 155 g/mol. The van der Waals surface area contributed by atoms with Crippen molar-refractivity contribution in [1.29, 1.82) is 0 Å². The highest BCUT2D eigenvalue weighted by molar-refractivity contribution is 7.43. The quantitative estimate of drug-likeness (QED) is 0.536. The van der Waals surface area contributed by atoms with E-state index in [0.717, 1.165) is 0 Å². The second-order valence-corrected chi connectivity index (χ2v) is 4.43. The summed E-state index contributed by atoms with van der Waals surface area (Å²) >= 11 is 0. The van der Waals surface area contributed by atoms with Crippen molar-refractivity contribution in [3.63, 3.8) is 0 Å². The molecule has 0 amide bonds. The van der Waals surface area contributed by atoms with Gasteiger partial charge in [0.25, 0.3) is 0 Å². The number of phosphoric ester groups is 1. The molecule has 0 radical (unpaired) electrons. The van der Waals surface area contributed by atoms with Crippen molar-refractivity contribution in [3.05, 3.63) is 0 Å². The van der Waals surface area contributed by atoms with Gasteiger partial charge < -0.3 is 18.9 Å². The summed E-state index contributed by atoms with van der Waals surface area (Å²) in [5.41, 5.74) is -0.287. The lowest BCUT2D eigenvalue weighted by Crippen LogP contribution is -2.22. The van der Waals surface area contributed by atoms with Gasteiger partial charge in [-0.15, -0.1) is 0 Å². The minimum Gasteiger partial charge on any atom is -0.790 e. The van der Waals surface area contributed by atoms with E-state index in [2.05, 4.69) is 4.52 Å². The first kappa shape index (κ1) is 10.1. The molecule has 0 aromatic carbocycles. The average Bonchev–Trinajstić information content (AvgIpc) is 1.57. The van der Waals surface area contributed by atoms with Crippen LogP contribution in [0.5, 0.6) is 0 Å². The van der Waals surface area contributed by atoms with Crippen molar-refractivity contribution in [2.45, 2.75) is 20.8 Å². The van der Waals surface area contributed by atoms with Gasteiger partial charge in [-0.05, 0) is 5.41 Å². The zero-order valence-corrected chi connectivity index (χ0v) is 7.18. The maximum Gasteiger partial charge on any atom is 0.0596 e. The van der Waals surface area contributed by atoms with Crippen LogP contribution in [0.1, 0.15) is 20.8 Å². The van der Waals surface area contributed by atoms with E-state index in [1.807, 2.05) is 0 Å². The van der Waals surface area contributed by atoms with E-state index >= 15 is 0 Å². The van der Waals surface area contributed by atoms with Crippen LogP contribution in [0.4, 0.5) is 0 Å². The molecule has 0 aromatic heterocycles. The van der Waals surface area contributed by atoms with E-state index in [0.29, 0.717) is 0 Å². The van der Waals surface area contributed by atoms with E-state index in [1.165, 1.54) is 0 Å². The second-order valence-electron chi connectivity index (χ2n) is 3.28. The van der Waals surface area contributed by atoms with Gasteiger partial charge in [-0.1, -0.05) is 20.8 Å². The average molecular weight is 166 g/mol. The molecule has 0 aliphatic rings. The Morgan fingerprint density at radius 3 is 1.90 bits per heavy atom. The Labute approximate surface area is 60.5 Å². The standard InChI is InChI=1S/C5H13O4P/c1-5(2,3)4-9-10(6,7)8/h4H2,1-3H3,(H2,6,7,8)/p-2. The summed E-state index contributed by atoms with van der Waals surface area (Å²) in [6, 6.07) is 0. The fourth-order valence-corrected chi connectivity index (χ4v) is 0.818. The van der Waals surface area contributed by atoms with Gasteiger partial charge >= 0.3 is 0 Å². The largest absolute Gasteiger partial charge is 0.790 e. The summed E-state index contributed by atoms with van der Waals surface area (Å²) in [7, 11) is -4.76. The third-order valence-corrected chi connectivity index (χ3v) is 1.10. The SMILES string of the molecule is CC(C)(C)COP(=O)([O-])[O-]. The van der Waals surface area contributed by atoms with Gasteiger partial charge in [0.15, 0.2) is 0 Å². The number of phosphoric acid groups is 1. The van der Waals surface area contributed by atoms with Gasteiger partial charge in [-0.25, -0.2) is 0 Å². The van der Waals surface area contributed by atoms with Crippen LogP contribution in [-0.4, -0.2) is 6.61 Å². The Hall–Kier alpha value is 0.110. The van der Waals surface area contributed by atoms with Crippen LogP contribution in [0.25, 0.3) is 0 Å². The first-order valence-corrected chi connectivity index (χ1v) is 4.33. The highest BCUT2D eigenvalue weighted by Gasteiger charge is 2.10. The summed E-state index contributed by atoms with van der Waals surface area (Å²) < 4.78 is 14.0. The molecule has 0 rings (SSSR count). The summed E-state index contributed by atoms with van der Waals surface area (Å²) in [5, 5.41) is 0. The van der Waals surface area contributed by atoms with Crippen molar-refractivity contribution in [2.75, 3.05) is 6.61 Å². The van der Waals surface area contributed by atoms with Crippen LogP contribution in [0.15, 0.2) is 0 Å². The van der Waals surface area contributed by atoms with Crippen LogP contribution >= 0.6 is 7.82 Å². The van der Waals surface area contributed by atoms with Crippen LogP contribution in [-0.2, 0) is 9.09 Å². The van der Waals surface area contributed by atoms with E-state index < -0.39 is 7.82 Å². The van der Waals surface area contributed by atoms with Gasteiger partial charge in [-0.2, -0.15) is 0 Å². The van der Waals surface area contributed by atoms with Crippen LogP contribution in [0.2, 0.25) is 0 Å². The molecule has 5 heteroatoms. The monoisotopic (exact) mass is 166 g/mol.